The molecule has 0 aliphatic rings. The Bertz CT molecular complexity index is 1450. The number of rotatable bonds is 4. The lowest BCUT2D eigenvalue weighted by atomic mass is 9.98. The van der Waals surface area contributed by atoms with Crippen molar-refractivity contribution in [3.8, 4) is 17.5 Å². The van der Waals surface area contributed by atoms with Gasteiger partial charge in [-0.3, -0.25) is 9.78 Å². The summed E-state index contributed by atoms with van der Waals surface area (Å²) in [4.78, 5) is 21.3. The number of aromatic nitrogens is 2. The summed E-state index contributed by atoms with van der Waals surface area (Å²) >= 11 is 0. The molecule has 0 radical (unpaired) electrons. The van der Waals surface area contributed by atoms with Gasteiger partial charge < -0.3 is 9.73 Å². The molecule has 0 saturated heterocycles. The number of hydrogen-bond donors (Lipinski definition) is 1. The molecule has 1 atom stereocenters. The molecule has 0 aliphatic heterocycles. The molecular formula is C24H19F3N4O2. The topological polar surface area (TPSA) is 91.8 Å². The Morgan fingerprint density at radius 3 is 2.58 bits per heavy atom. The number of benzene rings is 1. The summed E-state index contributed by atoms with van der Waals surface area (Å²) in [6.07, 6.45) is -1.70. The average Bonchev–Trinajstić information content (AvgIpc) is 2.81. The third-order valence-electron chi connectivity index (χ3n) is 5.22. The summed E-state index contributed by atoms with van der Waals surface area (Å²) in [6.45, 7) is 3.11. The molecule has 3 heterocycles. The highest BCUT2D eigenvalue weighted by molar-refractivity contribution is 5.84. The van der Waals surface area contributed by atoms with Gasteiger partial charge in [0.15, 0.2) is 16.9 Å². The molecule has 0 unspecified atom stereocenters. The quantitative estimate of drug-likeness (QED) is 0.417. The second kappa shape index (κ2) is 8.39. The third-order valence-corrected chi connectivity index (χ3v) is 5.22. The zero-order valence-electron chi connectivity index (χ0n) is 17.6. The van der Waals surface area contributed by atoms with Crippen molar-refractivity contribution >= 4 is 16.7 Å². The number of nitrogens with zero attached hydrogens (tertiary/aromatic N) is 3. The van der Waals surface area contributed by atoms with Crippen molar-refractivity contribution in [3.05, 3.63) is 87.5 Å². The van der Waals surface area contributed by atoms with Gasteiger partial charge >= 0.3 is 6.18 Å². The Balaban J connectivity index is 0.00000324. The van der Waals surface area contributed by atoms with E-state index in [1.165, 1.54) is 19.3 Å². The lowest BCUT2D eigenvalue weighted by Crippen LogP contribution is -2.15. The normalized spacial score (nSPS) is 12.4. The van der Waals surface area contributed by atoms with Crippen LogP contribution in [0.5, 0.6) is 0 Å². The summed E-state index contributed by atoms with van der Waals surface area (Å²) in [6, 6.07) is 11.2. The Hall–Kier alpha value is -4.19. The van der Waals surface area contributed by atoms with Crippen LogP contribution in [0.1, 0.15) is 36.8 Å². The lowest BCUT2D eigenvalue weighted by Gasteiger charge is -2.20. The molecule has 1 aromatic carbocycles. The fourth-order valence-electron chi connectivity index (χ4n) is 3.57. The zero-order valence-corrected chi connectivity index (χ0v) is 17.6. The van der Waals surface area contributed by atoms with E-state index < -0.39 is 23.2 Å². The molecule has 0 amide bonds. The maximum absolute atomic E-state index is 13.7. The van der Waals surface area contributed by atoms with Gasteiger partial charge in [0.25, 0.3) is 0 Å². The first-order chi connectivity index (χ1) is 15.7. The highest BCUT2D eigenvalue weighted by atomic mass is 19.4. The number of anilines is 1. The maximum atomic E-state index is 13.7. The number of nitrogens with one attached hydrogen (secondary N) is 1. The molecule has 6 nitrogen and oxygen atoms in total. The molecule has 0 spiro atoms. The van der Waals surface area contributed by atoms with Gasteiger partial charge in [0.2, 0.25) is 0 Å². The highest BCUT2D eigenvalue weighted by Crippen LogP contribution is 2.37. The minimum atomic E-state index is -4.67. The van der Waals surface area contributed by atoms with E-state index in [4.69, 9.17) is 4.42 Å². The second-order valence-electron chi connectivity index (χ2n) is 7.42. The molecular weight excluding hydrogens is 433 g/mol. The molecule has 9 heteroatoms. The first-order valence-electron chi connectivity index (χ1n) is 9.92. The van der Waals surface area contributed by atoms with Crippen LogP contribution in [-0.4, -0.2) is 9.97 Å². The molecule has 1 N–H and O–H groups in total. The minimum Gasteiger partial charge on any atom is -0.454 e. The largest absolute Gasteiger partial charge is 0.454 e. The van der Waals surface area contributed by atoms with Crippen LogP contribution in [0.15, 0.2) is 64.1 Å². The van der Waals surface area contributed by atoms with Gasteiger partial charge in [-0.05, 0) is 50.2 Å². The first-order valence-corrected chi connectivity index (χ1v) is 9.92. The van der Waals surface area contributed by atoms with Crippen molar-refractivity contribution in [1.29, 1.82) is 5.26 Å². The van der Waals surface area contributed by atoms with Crippen molar-refractivity contribution in [2.75, 3.05) is 5.32 Å². The molecule has 168 valence electrons. The van der Waals surface area contributed by atoms with E-state index in [2.05, 4.69) is 15.3 Å². The summed E-state index contributed by atoms with van der Waals surface area (Å²) in [5.41, 5.74) is -0.433. The van der Waals surface area contributed by atoms with Crippen LogP contribution in [0.2, 0.25) is 0 Å². The number of hydrogen-bond acceptors (Lipinski definition) is 6. The van der Waals surface area contributed by atoms with Gasteiger partial charge in [-0.1, -0.05) is 6.07 Å². The molecule has 0 saturated carbocycles. The van der Waals surface area contributed by atoms with Gasteiger partial charge in [0.05, 0.1) is 22.7 Å². The van der Waals surface area contributed by atoms with Crippen LogP contribution in [0.3, 0.4) is 0 Å². The Kier molecular flexibility index (Phi) is 5.60. The van der Waals surface area contributed by atoms with Crippen LogP contribution >= 0.6 is 0 Å². The highest BCUT2D eigenvalue weighted by Gasteiger charge is 2.33. The van der Waals surface area contributed by atoms with Crippen molar-refractivity contribution in [2.24, 2.45) is 0 Å². The predicted octanol–water partition coefficient (Wildman–Crippen LogP) is 5.87. The summed E-state index contributed by atoms with van der Waals surface area (Å²) < 4.78 is 47.0. The standard InChI is InChI=1S/C24H17F3N4O2.H2/c1-13-21(32)17-11-15(24(25,26)27)10-16(14(2)31-18-7-5-9-30-20(18)12-28)23(17)33-22(13)19-6-3-4-8-29-19;/h3-11,14,31H,1-2H3;1H/t14-;/m1./s1. The lowest BCUT2D eigenvalue weighted by molar-refractivity contribution is -0.137. The molecule has 0 bridgehead atoms. The van der Waals surface area contributed by atoms with Crippen LogP contribution < -0.4 is 10.7 Å². The SMILES string of the molecule is Cc1c(-c2ccccn2)oc2c([C@@H](C)Nc3cccnc3C#N)cc(C(F)(F)F)cc2c1=O.[HH]. The van der Waals surface area contributed by atoms with Crippen molar-refractivity contribution < 1.29 is 19.0 Å². The summed E-state index contributed by atoms with van der Waals surface area (Å²) in [5, 5.41) is 12.1. The predicted molar refractivity (Wildman–Crippen MR) is 119 cm³/mol. The van der Waals surface area contributed by atoms with Gasteiger partial charge in [-0.15, -0.1) is 0 Å². The summed E-state index contributed by atoms with van der Waals surface area (Å²) in [7, 11) is 0. The van der Waals surface area contributed by atoms with Crippen LogP contribution in [0.4, 0.5) is 18.9 Å². The van der Waals surface area contributed by atoms with E-state index >= 15 is 0 Å². The van der Waals surface area contributed by atoms with E-state index in [9.17, 15) is 23.2 Å². The fraction of sp³-hybridized carbons (Fsp3) is 0.167. The molecule has 4 rings (SSSR count). The number of alkyl halides is 3. The number of halogens is 3. The fourth-order valence-corrected chi connectivity index (χ4v) is 3.57. The molecule has 4 aromatic rings. The number of pyridine rings is 2. The van der Waals surface area contributed by atoms with E-state index in [1.807, 2.05) is 6.07 Å². The van der Waals surface area contributed by atoms with E-state index in [0.717, 1.165) is 12.1 Å². The maximum Gasteiger partial charge on any atom is 0.416 e. The van der Waals surface area contributed by atoms with Crippen molar-refractivity contribution in [2.45, 2.75) is 26.1 Å². The van der Waals surface area contributed by atoms with E-state index in [-0.39, 0.29) is 35.0 Å². The number of fused-ring (bicyclic) bond motifs is 1. The first kappa shape index (κ1) is 22.0. The smallest absolute Gasteiger partial charge is 0.416 e. The van der Waals surface area contributed by atoms with Crippen LogP contribution in [0.25, 0.3) is 22.4 Å². The number of nitriles is 1. The monoisotopic (exact) mass is 452 g/mol. The molecule has 33 heavy (non-hydrogen) atoms. The molecule has 0 fully saturated rings. The second-order valence-corrected chi connectivity index (χ2v) is 7.42. The van der Waals surface area contributed by atoms with Gasteiger partial charge in [-0.25, -0.2) is 4.98 Å². The minimum absolute atomic E-state index is 0. The van der Waals surface area contributed by atoms with Crippen LogP contribution in [-0.2, 0) is 6.18 Å². The third kappa shape index (κ3) is 4.15. The average molecular weight is 452 g/mol. The summed E-state index contributed by atoms with van der Waals surface area (Å²) in [5.74, 6) is 0.181. The Morgan fingerprint density at radius 1 is 1.15 bits per heavy atom. The van der Waals surface area contributed by atoms with Crippen LogP contribution in [0, 0.1) is 18.3 Å². The molecule has 0 aliphatic carbocycles. The van der Waals surface area contributed by atoms with Gasteiger partial charge in [-0.2, -0.15) is 18.4 Å². The Labute approximate surface area is 187 Å². The van der Waals surface area contributed by atoms with E-state index in [1.54, 1.807) is 37.3 Å². The van der Waals surface area contributed by atoms with Gasteiger partial charge in [0.1, 0.15) is 17.3 Å². The Morgan fingerprint density at radius 2 is 1.91 bits per heavy atom. The van der Waals surface area contributed by atoms with Crippen molar-refractivity contribution in [3.63, 3.8) is 0 Å². The van der Waals surface area contributed by atoms with Gasteiger partial charge in [0, 0.05) is 24.9 Å². The zero-order chi connectivity index (χ0) is 23.8. The van der Waals surface area contributed by atoms with E-state index in [0.29, 0.717) is 11.4 Å². The van der Waals surface area contributed by atoms with Crippen molar-refractivity contribution in [1.82, 2.24) is 9.97 Å². The molecule has 3 aromatic heterocycles.